The first-order valence-electron chi connectivity index (χ1n) is 9.85. The minimum Gasteiger partial charge on any atom is -0.478 e. The van der Waals surface area contributed by atoms with Crippen LogP contribution >= 0.6 is 0 Å². The third-order valence-corrected chi connectivity index (χ3v) is 5.31. The fourth-order valence-corrected chi connectivity index (χ4v) is 3.74. The van der Waals surface area contributed by atoms with Gasteiger partial charge in [0.2, 0.25) is 6.29 Å². The molecule has 0 aromatic heterocycles. The normalized spacial score (nSPS) is 25.9. The van der Waals surface area contributed by atoms with Gasteiger partial charge >= 0.3 is 5.97 Å². The van der Waals surface area contributed by atoms with Crippen molar-refractivity contribution in [2.75, 3.05) is 35.0 Å². The third-order valence-electron chi connectivity index (χ3n) is 5.31. The summed E-state index contributed by atoms with van der Waals surface area (Å²) >= 11 is 0. The largest absolute Gasteiger partial charge is 0.478 e. The van der Waals surface area contributed by atoms with Crippen molar-refractivity contribution in [3.8, 4) is 16.9 Å². The summed E-state index contributed by atoms with van der Waals surface area (Å²) in [6.45, 7) is 0.319. The van der Waals surface area contributed by atoms with E-state index in [0.29, 0.717) is 12.4 Å². The molecule has 2 aromatic rings. The number of carbonyl (C=O) groups is 1. The van der Waals surface area contributed by atoms with Gasteiger partial charge in [-0.15, -0.1) is 0 Å². The average molecular weight is 432 g/mol. The predicted molar refractivity (Wildman–Crippen MR) is 112 cm³/mol. The molecule has 31 heavy (non-hydrogen) atoms. The van der Waals surface area contributed by atoms with Crippen molar-refractivity contribution >= 4 is 5.97 Å². The topological polar surface area (TPSA) is 92.7 Å². The first-order valence-corrected chi connectivity index (χ1v) is 9.85. The number of carboxylic acid groups (broad SMARTS) is 1. The first kappa shape index (κ1) is 23.2. The van der Waals surface area contributed by atoms with Gasteiger partial charge in [0.25, 0.3) is 0 Å². The minimum absolute atomic E-state index is 0.247. The Morgan fingerprint density at radius 3 is 1.87 bits per heavy atom. The molecule has 2 unspecified atom stereocenters. The number of carboxylic acids is 1. The zero-order valence-electron chi connectivity index (χ0n) is 18.0. The predicted octanol–water partition coefficient (Wildman–Crippen LogP) is 2.85. The summed E-state index contributed by atoms with van der Waals surface area (Å²) in [5, 5.41) is 9.04. The lowest BCUT2D eigenvalue weighted by Gasteiger charge is -2.44. The average Bonchev–Trinajstić information content (AvgIpc) is 2.79. The van der Waals surface area contributed by atoms with E-state index in [0.717, 1.165) is 11.1 Å². The second-order valence-electron chi connectivity index (χ2n) is 7.12. The number of rotatable bonds is 9. The molecule has 0 bridgehead atoms. The first-order chi connectivity index (χ1) is 15.0. The Bertz CT molecular complexity index is 836. The van der Waals surface area contributed by atoms with Gasteiger partial charge < -0.3 is 33.5 Å². The molecule has 0 spiro atoms. The third kappa shape index (κ3) is 5.23. The standard InChI is InChI=1S/C23H28O8/c1-26-13-18-19(27-2)20(28-3)21(29-4)23(31-18)30-17-11-9-15(10-12-17)14-5-7-16(8-6-14)22(24)25/h5-12,18-21,23H,13H2,1-4H3,(H,24,25)/t18?,19-,20?,21-,23+/m1/s1. The van der Waals surface area contributed by atoms with E-state index in [2.05, 4.69) is 0 Å². The summed E-state index contributed by atoms with van der Waals surface area (Å²) in [5.74, 6) is -0.354. The Morgan fingerprint density at radius 1 is 0.839 bits per heavy atom. The van der Waals surface area contributed by atoms with Crippen molar-refractivity contribution in [3.63, 3.8) is 0 Å². The maximum atomic E-state index is 11.0. The fourth-order valence-electron chi connectivity index (χ4n) is 3.74. The lowest BCUT2D eigenvalue weighted by molar-refractivity contribution is -0.292. The van der Waals surface area contributed by atoms with Gasteiger partial charge in [-0.25, -0.2) is 4.79 Å². The monoisotopic (exact) mass is 432 g/mol. The highest BCUT2D eigenvalue weighted by atomic mass is 16.7. The SMILES string of the molecule is COCC1O[C@H](Oc2ccc(-c3ccc(C(=O)O)cc3)cc2)[C@H](OC)C(OC)[C@@H]1OC. The van der Waals surface area contributed by atoms with E-state index < -0.39 is 24.5 Å². The van der Waals surface area contributed by atoms with Crippen molar-refractivity contribution in [1.29, 1.82) is 0 Å². The molecular formula is C23H28O8. The van der Waals surface area contributed by atoms with Crippen LogP contribution in [0.15, 0.2) is 48.5 Å². The number of ether oxygens (including phenoxy) is 6. The Labute approximate surface area is 181 Å². The zero-order chi connectivity index (χ0) is 22.4. The maximum absolute atomic E-state index is 11.0. The molecule has 1 aliphatic rings. The molecule has 0 radical (unpaired) electrons. The number of aromatic carboxylic acids is 1. The number of hydrogen-bond donors (Lipinski definition) is 1. The summed E-state index contributed by atoms with van der Waals surface area (Å²) in [6, 6.07) is 14.1. The van der Waals surface area contributed by atoms with E-state index in [-0.39, 0.29) is 17.8 Å². The molecule has 1 fully saturated rings. The van der Waals surface area contributed by atoms with Crippen LogP contribution in [0, 0.1) is 0 Å². The van der Waals surface area contributed by atoms with Crippen LogP contribution in [0.2, 0.25) is 0 Å². The number of hydrogen-bond acceptors (Lipinski definition) is 7. The van der Waals surface area contributed by atoms with E-state index in [9.17, 15) is 4.79 Å². The summed E-state index contributed by atoms with van der Waals surface area (Å²) < 4.78 is 34.3. The van der Waals surface area contributed by atoms with Gasteiger partial charge in [0, 0.05) is 28.4 Å². The fraction of sp³-hybridized carbons (Fsp3) is 0.435. The van der Waals surface area contributed by atoms with Crippen molar-refractivity contribution < 1.29 is 38.3 Å². The van der Waals surface area contributed by atoms with Crippen LogP contribution in [-0.4, -0.2) is 76.8 Å². The van der Waals surface area contributed by atoms with Gasteiger partial charge in [-0.3, -0.25) is 0 Å². The highest BCUT2D eigenvalue weighted by Crippen LogP contribution is 2.30. The molecular weight excluding hydrogens is 404 g/mol. The van der Waals surface area contributed by atoms with Gasteiger partial charge in [-0.05, 0) is 35.4 Å². The van der Waals surface area contributed by atoms with E-state index >= 15 is 0 Å². The molecule has 0 amide bonds. The molecule has 1 heterocycles. The Hall–Kier alpha value is -2.49. The summed E-state index contributed by atoms with van der Waals surface area (Å²) in [5.41, 5.74) is 2.09. The highest BCUT2D eigenvalue weighted by Gasteiger charge is 2.48. The molecule has 3 rings (SSSR count). The Kier molecular flexibility index (Phi) is 8.00. The number of methoxy groups -OCH3 is 4. The van der Waals surface area contributed by atoms with E-state index in [1.54, 1.807) is 52.7 Å². The van der Waals surface area contributed by atoms with Crippen LogP contribution in [0.4, 0.5) is 0 Å². The molecule has 8 heteroatoms. The lowest BCUT2D eigenvalue weighted by atomic mass is 9.98. The molecule has 2 aromatic carbocycles. The molecule has 5 atom stereocenters. The van der Waals surface area contributed by atoms with Gasteiger partial charge in [0.15, 0.2) is 0 Å². The van der Waals surface area contributed by atoms with Crippen molar-refractivity contribution in [1.82, 2.24) is 0 Å². The lowest BCUT2D eigenvalue weighted by Crippen LogP contribution is -2.62. The quantitative estimate of drug-likeness (QED) is 0.647. The van der Waals surface area contributed by atoms with Gasteiger partial charge in [-0.2, -0.15) is 0 Å². The smallest absolute Gasteiger partial charge is 0.335 e. The molecule has 1 N–H and O–H groups in total. The Balaban J connectivity index is 1.76. The second-order valence-corrected chi connectivity index (χ2v) is 7.12. The van der Waals surface area contributed by atoms with Crippen LogP contribution in [0.3, 0.4) is 0 Å². The van der Waals surface area contributed by atoms with E-state index in [1.807, 2.05) is 24.3 Å². The zero-order valence-corrected chi connectivity index (χ0v) is 18.0. The second kappa shape index (κ2) is 10.7. The van der Waals surface area contributed by atoms with Crippen molar-refractivity contribution in [3.05, 3.63) is 54.1 Å². The summed E-state index contributed by atoms with van der Waals surface area (Å²) in [6.07, 6.45) is -2.39. The number of benzene rings is 2. The molecule has 1 saturated heterocycles. The van der Waals surface area contributed by atoms with Gasteiger partial charge in [0.1, 0.15) is 30.2 Å². The minimum atomic E-state index is -0.952. The van der Waals surface area contributed by atoms with Crippen LogP contribution in [0.5, 0.6) is 5.75 Å². The van der Waals surface area contributed by atoms with Crippen LogP contribution < -0.4 is 4.74 Å². The molecule has 0 saturated carbocycles. The van der Waals surface area contributed by atoms with Gasteiger partial charge in [-0.1, -0.05) is 24.3 Å². The van der Waals surface area contributed by atoms with Crippen LogP contribution in [0.25, 0.3) is 11.1 Å². The molecule has 0 aliphatic carbocycles. The van der Waals surface area contributed by atoms with Crippen LogP contribution in [-0.2, 0) is 23.7 Å². The van der Waals surface area contributed by atoms with Gasteiger partial charge in [0.05, 0.1) is 12.2 Å². The summed E-state index contributed by atoms with van der Waals surface area (Å²) in [7, 11) is 6.36. The van der Waals surface area contributed by atoms with E-state index in [4.69, 9.17) is 33.5 Å². The molecule has 8 nitrogen and oxygen atoms in total. The molecule has 168 valence electrons. The van der Waals surface area contributed by atoms with E-state index in [1.165, 1.54) is 0 Å². The van der Waals surface area contributed by atoms with Crippen LogP contribution in [0.1, 0.15) is 10.4 Å². The maximum Gasteiger partial charge on any atom is 0.335 e. The van der Waals surface area contributed by atoms with Crippen molar-refractivity contribution in [2.45, 2.75) is 30.7 Å². The molecule has 1 aliphatic heterocycles. The van der Waals surface area contributed by atoms with Crippen molar-refractivity contribution in [2.24, 2.45) is 0 Å². The summed E-state index contributed by atoms with van der Waals surface area (Å²) in [4.78, 5) is 11.0. The Morgan fingerprint density at radius 2 is 1.39 bits per heavy atom. The highest BCUT2D eigenvalue weighted by molar-refractivity contribution is 5.88.